The van der Waals surface area contributed by atoms with Crippen molar-refractivity contribution in [3.63, 3.8) is 0 Å². The molecule has 0 spiro atoms. The largest absolute Gasteiger partial charge is 0.497 e. The molecule has 0 bridgehead atoms. The lowest BCUT2D eigenvalue weighted by Gasteiger charge is -2.04. The van der Waals surface area contributed by atoms with Gasteiger partial charge in [-0.1, -0.05) is 39.5 Å². The summed E-state index contributed by atoms with van der Waals surface area (Å²) in [5.41, 5.74) is 1.31. The second-order valence-electron chi connectivity index (χ2n) is 5.30. The third-order valence-corrected chi connectivity index (χ3v) is 4.84. The number of carbonyl (C=O) groups excluding carboxylic acids is 1. The molecule has 0 fully saturated rings. The highest BCUT2D eigenvalue weighted by Gasteiger charge is 2.08. The summed E-state index contributed by atoms with van der Waals surface area (Å²) >= 11 is 4.71. The number of halogens is 1. The summed E-state index contributed by atoms with van der Waals surface area (Å²) in [6.45, 7) is 0.0267. The molecule has 0 unspecified atom stereocenters. The number of esters is 1. The van der Waals surface area contributed by atoms with E-state index in [1.807, 2.05) is 24.3 Å². The van der Waals surface area contributed by atoms with Gasteiger partial charge in [0.1, 0.15) is 5.75 Å². The zero-order valence-corrected chi connectivity index (χ0v) is 17.2. The van der Waals surface area contributed by atoms with Crippen molar-refractivity contribution in [3.8, 4) is 23.3 Å². The molecule has 2 aromatic carbocycles. The van der Waals surface area contributed by atoms with Crippen LogP contribution < -0.4 is 4.74 Å². The van der Waals surface area contributed by atoms with E-state index in [4.69, 9.17) is 9.47 Å². The first-order chi connectivity index (χ1) is 13.7. The minimum absolute atomic E-state index is 0.0267. The molecule has 3 rings (SSSR count). The fourth-order valence-corrected chi connectivity index (χ4v) is 3.05. The molecule has 0 saturated carbocycles. The molecule has 3 aromatic rings. The molecule has 0 radical (unpaired) electrons. The molecule has 1 aromatic heterocycles. The van der Waals surface area contributed by atoms with Crippen LogP contribution in [0.1, 0.15) is 10.4 Å². The summed E-state index contributed by atoms with van der Waals surface area (Å²) < 4.78 is 12.8. The van der Waals surface area contributed by atoms with Crippen molar-refractivity contribution in [3.05, 3.63) is 58.6 Å². The van der Waals surface area contributed by atoms with Crippen LogP contribution in [-0.4, -0.2) is 45.6 Å². The number of nitrogens with zero attached hydrogens (tertiary/aromatic N) is 4. The molecule has 0 atom stereocenters. The van der Waals surface area contributed by atoms with Crippen molar-refractivity contribution in [1.82, 2.24) is 20.2 Å². The molecule has 0 aliphatic heterocycles. The maximum Gasteiger partial charge on any atom is 0.339 e. The molecule has 0 saturated heterocycles. The second kappa shape index (κ2) is 9.92. The van der Waals surface area contributed by atoms with Crippen LogP contribution in [0.25, 0.3) is 5.69 Å². The number of benzene rings is 2. The zero-order chi connectivity index (χ0) is 19.8. The van der Waals surface area contributed by atoms with Gasteiger partial charge in [0.15, 0.2) is 6.61 Å². The highest BCUT2D eigenvalue weighted by Crippen LogP contribution is 2.19. The van der Waals surface area contributed by atoms with E-state index in [9.17, 15) is 4.79 Å². The van der Waals surface area contributed by atoms with Crippen LogP contribution in [0.15, 0.2) is 58.2 Å². The van der Waals surface area contributed by atoms with Crippen LogP contribution in [0.5, 0.6) is 5.75 Å². The monoisotopic (exact) mass is 458 g/mol. The normalized spacial score (nSPS) is 10.1. The first-order valence-corrected chi connectivity index (χ1v) is 9.89. The quantitative estimate of drug-likeness (QED) is 0.318. The average molecular weight is 459 g/mol. The lowest BCUT2D eigenvalue weighted by molar-refractivity contribution is 0.0556. The third kappa shape index (κ3) is 5.34. The van der Waals surface area contributed by atoms with Gasteiger partial charge in [0.25, 0.3) is 0 Å². The first kappa shape index (κ1) is 19.9. The SMILES string of the molecule is COc1ccc(-n2nnnc2SCC#CCOC(=O)c2ccc(Br)cc2)cc1. The maximum absolute atomic E-state index is 11.9. The van der Waals surface area contributed by atoms with Gasteiger partial charge >= 0.3 is 5.97 Å². The molecule has 28 heavy (non-hydrogen) atoms. The van der Waals surface area contributed by atoms with E-state index in [2.05, 4.69) is 43.3 Å². The number of ether oxygens (including phenoxy) is 2. The van der Waals surface area contributed by atoms with Gasteiger partial charge in [0.2, 0.25) is 5.16 Å². The van der Waals surface area contributed by atoms with E-state index >= 15 is 0 Å². The Morgan fingerprint density at radius 2 is 1.89 bits per heavy atom. The molecule has 7 nitrogen and oxygen atoms in total. The third-order valence-electron chi connectivity index (χ3n) is 3.51. The number of carbonyl (C=O) groups is 1. The van der Waals surface area contributed by atoms with Gasteiger partial charge in [-0.25, -0.2) is 4.79 Å². The van der Waals surface area contributed by atoms with Gasteiger partial charge in [0, 0.05) is 4.47 Å². The van der Waals surface area contributed by atoms with Gasteiger partial charge in [-0.3, -0.25) is 0 Å². The van der Waals surface area contributed by atoms with Crippen molar-refractivity contribution < 1.29 is 14.3 Å². The Hall–Kier alpha value is -2.83. The Morgan fingerprint density at radius 3 is 2.61 bits per heavy atom. The number of aromatic nitrogens is 4. The molecule has 0 aliphatic rings. The molecular weight excluding hydrogens is 444 g/mol. The molecule has 142 valence electrons. The van der Waals surface area contributed by atoms with E-state index in [1.54, 1.807) is 36.1 Å². The van der Waals surface area contributed by atoms with Crippen molar-refractivity contribution in [2.45, 2.75) is 5.16 Å². The zero-order valence-electron chi connectivity index (χ0n) is 14.8. The highest BCUT2D eigenvalue weighted by atomic mass is 79.9. The Balaban J connectivity index is 1.49. The highest BCUT2D eigenvalue weighted by molar-refractivity contribution is 9.10. The summed E-state index contributed by atoms with van der Waals surface area (Å²) in [5.74, 6) is 6.57. The van der Waals surface area contributed by atoms with Gasteiger partial charge in [-0.2, -0.15) is 4.68 Å². The predicted molar refractivity (Wildman–Crippen MR) is 109 cm³/mol. The van der Waals surface area contributed by atoms with Gasteiger partial charge in [-0.15, -0.1) is 5.10 Å². The maximum atomic E-state index is 11.9. The average Bonchev–Trinajstić information content (AvgIpc) is 3.19. The van der Waals surface area contributed by atoms with Crippen LogP contribution >= 0.6 is 27.7 Å². The molecule has 9 heteroatoms. The van der Waals surface area contributed by atoms with Crippen LogP contribution in [0.3, 0.4) is 0 Å². The van der Waals surface area contributed by atoms with E-state index < -0.39 is 5.97 Å². The van der Waals surface area contributed by atoms with Gasteiger partial charge in [-0.05, 0) is 59.0 Å². The minimum Gasteiger partial charge on any atom is -0.497 e. The number of hydrogen-bond acceptors (Lipinski definition) is 7. The Bertz CT molecular complexity index is 995. The lowest BCUT2D eigenvalue weighted by atomic mass is 10.2. The molecule has 0 aliphatic carbocycles. The number of hydrogen-bond donors (Lipinski definition) is 0. The van der Waals surface area contributed by atoms with Crippen LogP contribution in [0.4, 0.5) is 0 Å². The number of rotatable bonds is 6. The molecule has 0 amide bonds. The molecular formula is C19H15BrN4O3S. The summed E-state index contributed by atoms with van der Waals surface area (Å²) in [5, 5.41) is 12.3. The van der Waals surface area contributed by atoms with Crippen LogP contribution in [0, 0.1) is 11.8 Å². The first-order valence-electron chi connectivity index (χ1n) is 8.11. The Labute approximate surface area is 174 Å². The van der Waals surface area contributed by atoms with E-state index in [0.717, 1.165) is 15.9 Å². The van der Waals surface area contributed by atoms with E-state index in [-0.39, 0.29) is 6.61 Å². The summed E-state index contributed by atoms with van der Waals surface area (Å²) in [6.07, 6.45) is 0. The van der Waals surface area contributed by atoms with Crippen molar-refractivity contribution in [1.29, 1.82) is 0 Å². The number of tetrazole rings is 1. The fraction of sp³-hybridized carbons (Fsp3) is 0.158. The van der Waals surface area contributed by atoms with Crippen molar-refractivity contribution >= 4 is 33.7 Å². The number of methoxy groups -OCH3 is 1. The lowest BCUT2D eigenvalue weighted by Crippen LogP contribution is -2.05. The van der Waals surface area contributed by atoms with Gasteiger partial charge in [0.05, 0.1) is 24.1 Å². The Kier molecular flexibility index (Phi) is 7.06. The van der Waals surface area contributed by atoms with Crippen molar-refractivity contribution in [2.24, 2.45) is 0 Å². The summed E-state index contributed by atoms with van der Waals surface area (Å²) in [6, 6.07) is 14.4. The standard InChI is InChI=1S/C19H15BrN4O3S/c1-26-17-10-8-16(9-11-17)24-19(21-22-23-24)28-13-3-2-12-27-18(25)14-4-6-15(20)7-5-14/h4-11H,12-13H2,1H3. The van der Waals surface area contributed by atoms with E-state index in [0.29, 0.717) is 16.5 Å². The topological polar surface area (TPSA) is 79.1 Å². The number of thioether (sulfide) groups is 1. The molecule has 1 heterocycles. The summed E-state index contributed by atoms with van der Waals surface area (Å²) in [4.78, 5) is 11.9. The Morgan fingerprint density at radius 1 is 1.14 bits per heavy atom. The van der Waals surface area contributed by atoms with Crippen LogP contribution in [0.2, 0.25) is 0 Å². The molecule has 0 N–H and O–H groups in total. The van der Waals surface area contributed by atoms with E-state index in [1.165, 1.54) is 11.8 Å². The predicted octanol–water partition coefficient (Wildman–Crippen LogP) is 3.39. The summed E-state index contributed by atoms with van der Waals surface area (Å²) in [7, 11) is 1.61. The van der Waals surface area contributed by atoms with Crippen LogP contribution in [-0.2, 0) is 4.74 Å². The van der Waals surface area contributed by atoms with Crippen molar-refractivity contribution in [2.75, 3.05) is 19.5 Å². The smallest absolute Gasteiger partial charge is 0.339 e. The minimum atomic E-state index is -0.405. The second-order valence-corrected chi connectivity index (χ2v) is 7.15. The fourth-order valence-electron chi connectivity index (χ4n) is 2.13. The van der Waals surface area contributed by atoms with Gasteiger partial charge < -0.3 is 9.47 Å².